The van der Waals surface area contributed by atoms with Crippen molar-refractivity contribution in [3.8, 4) is 0 Å². The normalized spacial score (nSPS) is 19.4. The molecule has 1 aliphatic carbocycles. The summed E-state index contributed by atoms with van der Waals surface area (Å²) in [7, 11) is 0. The van der Waals surface area contributed by atoms with E-state index in [0.29, 0.717) is 0 Å². The summed E-state index contributed by atoms with van der Waals surface area (Å²) in [6.45, 7) is 4.09. The van der Waals surface area contributed by atoms with Crippen molar-refractivity contribution in [3.05, 3.63) is 29.6 Å². The molecule has 1 fully saturated rings. The summed E-state index contributed by atoms with van der Waals surface area (Å²) in [6.07, 6.45) is 9.19. The topological polar surface area (TPSA) is 30.0 Å². The van der Waals surface area contributed by atoms with E-state index < -0.39 is 0 Å². The molecule has 0 N–H and O–H groups in total. The standard InChI is InChI=1S/C14H19NO/c1-11-8-12(10-15-9-11)13(16)14(2)6-4-3-5-7-14/h8-10H,3-7H2,1-2H3. The second-order valence-corrected chi connectivity index (χ2v) is 5.20. The number of ketones is 1. The van der Waals surface area contributed by atoms with Crippen LogP contribution in [0.2, 0.25) is 0 Å². The molecule has 1 saturated carbocycles. The number of hydrogen-bond acceptors (Lipinski definition) is 2. The number of hydrogen-bond donors (Lipinski definition) is 0. The molecule has 0 radical (unpaired) electrons. The zero-order valence-corrected chi connectivity index (χ0v) is 10.1. The molecule has 2 rings (SSSR count). The lowest BCUT2D eigenvalue weighted by molar-refractivity contribution is 0.0749. The molecule has 0 amide bonds. The van der Waals surface area contributed by atoms with Gasteiger partial charge in [-0.05, 0) is 31.4 Å². The van der Waals surface area contributed by atoms with Gasteiger partial charge in [-0.25, -0.2) is 0 Å². The van der Waals surface area contributed by atoms with E-state index in [0.717, 1.165) is 24.0 Å². The third-order valence-electron chi connectivity index (χ3n) is 3.64. The summed E-state index contributed by atoms with van der Waals surface area (Å²) in [4.78, 5) is 16.5. The third kappa shape index (κ3) is 2.16. The smallest absolute Gasteiger partial charge is 0.170 e. The van der Waals surface area contributed by atoms with Gasteiger partial charge in [-0.15, -0.1) is 0 Å². The molecule has 0 aliphatic heterocycles. The van der Waals surface area contributed by atoms with E-state index in [1.165, 1.54) is 19.3 Å². The zero-order chi connectivity index (χ0) is 11.6. The molecule has 0 atom stereocenters. The van der Waals surface area contributed by atoms with E-state index in [-0.39, 0.29) is 11.2 Å². The van der Waals surface area contributed by atoms with E-state index in [1.807, 2.05) is 13.0 Å². The third-order valence-corrected chi connectivity index (χ3v) is 3.64. The van der Waals surface area contributed by atoms with Crippen LogP contribution in [0.3, 0.4) is 0 Å². The molecule has 0 unspecified atom stereocenters. The fraction of sp³-hybridized carbons (Fsp3) is 0.571. The average molecular weight is 217 g/mol. The Morgan fingerprint density at radius 2 is 1.94 bits per heavy atom. The molecule has 0 spiro atoms. The first-order valence-corrected chi connectivity index (χ1v) is 6.08. The number of aromatic nitrogens is 1. The Morgan fingerprint density at radius 1 is 1.25 bits per heavy atom. The molecule has 0 bridgehead atoms. The van der Waals surface area contributed by atoms with Crippen molar-refractivity contribution >= 4 is 5.78 Å². The molecule has 1 aliphatic rings. The van der Waals surface area contributed by atoms with Crippen LogP contribution in [0.25, 0.3) is 0 Å². The van der Waals surface area contributed by atoms with Crippen molar-refractivity contribution in [1.82, 2.24) is 4.98 Å². The quantitative estimate of drug-likeness (QED) is 0.709. The number of carbonyl (C=O) groups excluding carboxylic acids is 1. The number of nitrogens with zero attached hydrogens (tertiary/aromatic N) is 1. The maximum Gasteiger partial charge on any atom is 0.170 e. The lowest BCUT2D eigenvalue weighted by atomic mass is 9.71. The van der Waals surface area contributed by atoms with Crippen LogP contribution in [0.15, 0.2) is 18.5 Å². The van der Waals surface area contributed by atoms with Crippen molar-refractivity contribution < 1.29 is 4.79 Å². The lowest BCUT2D eigenvalue weighted by Crippen LogP contribution is -2.30. The first-order chi connectivity index (χ1) is 7.62. The van der Waals surface area contributed by atoms with E-state index >= 15 is 0 Å². The molecule has 1 aromatic rings. The highest BCUT2D eigenvalue weighted by Gasteiger charge is 2.35. The van der Waals surface area contributed by atoms with E-state index in [4.69, 9.17) is 0 Å². The second-order valence-electron chi connectivity index (χ2n) is 5.20. The number of Topliss-reactive ketones (excluding diaryl/α,β-unsaturated/α-hetero) is 1. The first kappa shape index (κ1) is 11.3. The van der Waals surface area contributed by atoms with Gasteiger partial charge in [0.05, 0.1) is 0 Å². The van der Waals surface area contributed by atoms with Crippen LogP contribution in [0.4, 0.5) is 0 Å². The maximum atomic E-state index is 12.4. The number of carbonyl (C=O) groups is 1. The van der Waals surface area contributed by atoms with Crippen molar-refractivity contribution in [2.24, 2.45) is 5.41 Å². The lowest BCUT2D eigenvalue weighted by Gasteiger charge is -2.31. The van der Waals surface area contributed by atoms with Crippen molar-refractivity contribution in [2.75, 3.05) is 0 Å². The van der Waals surface area contributed by atoms with Gasteiger partial charge in [-0.1, -0.05) is 26.2 Å². The van der Waals surface area contributed by atoms with E-state index in [2.05, 4.69) is 11.9 Å². The van der Waals surface area contributed by atoms with Gasteiger partial charge in [0.25, 0.3) is 0 Å². The Labute approximate surface area is 97.1 Å². The minimum atomic E-state index is -0.145. The summed E-state index contributed by atoms with van der Waals surface area (Å²) in [6, 6.07) is 1.95. The highest BCUT2D eigenvalue weighted by molar-refractivity contribution is 6.00. The van der Waals surface area contributed by atoms with Gasteiger partial charge < -0.3 is 0 Å². The van der Waals surface area contributed by atoms with Gasteiger partial charge in [0.2, 0.25) is 0 Å². The molecule has 16 heavy (non-hydrogen) atoms. The molecular weight excluding hydrogens is 198 g/mol. The highest BCUT2D eigenvalue weighted by Crippen LogP contribution is 2.38. The Balaban J connectivity index is 2.24. The molecule has 0 aromatic carbocycles. The fourth-order valence-corrected chi connectivity index (χ4v) is 2.59. The van der Waals surface area contributed by atoms with Crippen LogP contribution in [-0.2, 0) is 0 Å². The SMILES string of the molecule is Cc1cncc(C(=O)C2(C)CCCCC2)c1. The van der Waals surface area contributed by atoms with Gasteiger partial charge >= 0.3 is 0 Å². The van der Waals surface area contributed by atoms with Crippen LogP contribution in [-0.4, -0.2) is 10.8 Å². The predicted octanol–water partition coefficient (Wildman–Crippen LogP) is 3.54. The Kier molecular flexibility index (Phi) is 3.08. The summed E-state index contributed by atoms with van der Waals surface area (Å²) in [5.41, 5.74) is 1.70. The van der Waals surface area contributed by atoms with Gasteiger partial charge in [0.1, 0.15) is 0 Å². The zero-order valence-electron chi connectivity index (χ0n) is 10.1. The minimum Gasteiger partial charge on any atom is -0.294 e. The van der Waals surface area contributed by atoms with Crippen molar-refractivity contribution in [2.45, 2.75) is 46.0 Å². The Bertz CT molecular complexity index is 391. The van der Waals surface area contributed by atoms with Crippen LogP contribution in [0.5, 0.6) is 0 Å². The summed E-state index contributed by atoms with van der Waals surface area (Å²) >= 11 is 0. The Hall–Kier alpha value is -1.18. The highest BCUT2D eigenvalue weighted by atomic mass is 16.1. The van der Waals surface area contributed by atoms with Gasteiger partial charge in [-0.3, -0.25) is 9.78 Å². The summed E-state index contributed by atoms with van der Waals surface area (Å²) in [5, 5.41) is 0. The van der Waals surface area contributed by atoms with Crippen LogP contribution in [0.1, 0.15) is 54.9 Å². The second kappa shape index (κ2) is 4.36. The van der Waals surface area contributed by atoms with E-state index in [9.17, 15) is 4.79 Å². The van der Waals surface area contributed by atoms with Gasteiger partial charge in [0, 0.05) is 23.4 Å². The molecule has 2 nitrogen and oxygen atoms in total. The number of aryl methyl sites for hydroxylation is 1. The number of pyridine rings is 1. The average Bonchev–Trinajstić information content (AvgIpc) is 2.29. The van der Waals surface area contributed by atoms with Gasteiger partial charge in [0.15, 0.2) is 5.78 Å². The van der Waals surface area contributed by atoms with Crippen LogP contribution < -0.4 is 0 Å². The molecule has 2 heteroatoms. The predicted molar refractivity (Wildman–Crippen MR) is 64.5 cm³/mol. The molecule has 0 saturated heterocycles. The van der Waals surface area contributed by atoms with E-state index in [1.54, 1.807) is 12.4 Å². The van der Waals surface area contributed by atoms with Gasteiger partial charge in [-0.2, -0.15) is 0 Å². The van der Waals surface area contributed by atoms with Crippen molar-refractivity contribution in [3.63, 3.8) is 0 Å². The maximum absolute atomic E-state index is 12.4. The molecule has 86 valence electrons. The monoisotopic (exact) mass is 217 g/mol. The Morgan fingerprint density at radius 3 is 2.56 bits per heavy atom. The molecule has 1 aromatic heterocycles. The minimum absolute atomic E-state index is 0.145. The molecular formula is C14H19NO. The van der Waals surface area contributed by atoms with Crippen LogP contribution in [0, 0.1) is 12.3 Å². The fourth-order valence-electron chi connectivity index (χ4n) is 2.59. The summed E-state index contributed by atoms with van der Waals surface area (Å²) in [5.74, 6) is 0.281. The first-order valence-electron chi connectivity index (χ1n) is 6.08. The van der Waals surface area contributed by atoms with Crippen LogP contribution >= 0.6 is 0 Å². The van der Waals surface area contributed by atoms with Crippen molar-refractivity contribution in [1.29, 1.82) is 0 Å². The largest absolute Gasteiger partial charge is 0.294 e. The molecule has 1 heterocycles. The summed E-state index contributed by atoms with van der Waals surface area (Å²) < 4.78 is 0. The number of rotatable bonds is 2.